The molecule has 0 aromatic carbocycles. The topological polar surface area (TPSA) is 38.5 Å². The molecular weight excluding hydrogens is 164 g/mol. The predicted octanol–water partition coefficient (Wildman–Crippen LogP) is 0.446. The van der Waals surface area contributed by atoms with E-state index in [4.69, 9.17) is 10.5 Å². The molecule has 2 fully saturated rings. The summed E-state index contributed by atoms with van der Waals surface area (Å²) in [6.45, 7) is 5.31. The van der Waals surface area contributed by atoms with Crippen molar-refractivity contribution in [2.45, 2.75) is 25.3 Å². The number of morpholine rings is 1. The van der Waals surface area contributed by atoms with Gasteiger partial charge in [0.25, 0.3) is 0 Å². The first-order valence-corrected chi connectivity index (χ1v) is 5.40. The molecule has 0 bridgehead atoms. The Morgan fingerprint density at radius 1 is 1.23 bits per heavy atom. The Morgan fingerprint density at radius 2 is 2.00 bits per heavy atom. The highest BCUT2D eigenvalue weighted by Crippen LogP contribution is 2.24. The van der Waals surface area contributed by atoms with Gasteiger partial charge in [0.2, 0.25) is 0 Å². The second kappa shape index (κ2) is 4.40. The number of ether oxygens (including phenoxy) is 1. The van der Waals surface area contributed by atoms with Gasteiger partial charge in [0.15, 0.2) is 0 Å². The highest BCUT2D eigenvalue weighted by molar-refractivity contribution is 4.80. The standard InChI is InChI=1S/C10H20N2O/c11-10-2-1-9(7-10)8-12-3-5-13-6-4-12/h9-10H,1-8,11H2/t9?,10-/m1/s1. The lowest BCUT2D eigenvalue weighted by molar-refractivity contribution is 0.0310. The van der Waals surface area contributed by atoms with E-state index in [9.17, 15) is 0 Å². The van der Waals surface area contributed by atoms with Gasteiger partial charge in [-0.3, -0.25) is 4.90 Å². The Morgan fingerprint density at radius 3 is 2.62 bits per heavy atom. The maximum Gasteiger partial charge on any atom is 0.0594 e. The number of nitrogens with zero attached hydrogens (tertiary/aromatic N) is 1. The van der Waals surface area contributed by atoms with Gasteiger partial charge in [0, 0.05) is 25.7 Å². The van der Waals surface area contributed by atoms with Crippen molar-refractivity contribution in [2.24, 2.45) is 11.7 Å². The van der Waals surface area contributed by atoms with Gasteiger partial charge in [-0.25, -0.2) is 0 Å². The third-order valence-corrected chi connectivity index (χ3v) is 3.20. The van der Waals surface area contributed by atoms with Crippen LogP contribution in [-0.4, -0.2) is 43.8 Å². The van der Waals surface area contributed by atoms with Crippen LogP contribution in [0.1, 0.15) is 19.3 Å². The van der Waals surface area contributed by atoms with E-state index in [0.29, 0.717) is 6.04 Å². The Balaban J connectivity index is 1.71. The molecule has 2 atom stereocenters. The molecule has 0 amide bonds. The Bertz CT molecular complexity index is 154. The minimum absolute atomic E-state index is 0.478. The molecule has 1 aliphatic heterocycles. The molecule has 1 saturated heterocycles. The Hall–Kier alpha value is -0.120. The van der Waals surface area contributed by atoms with Crippen molar-refractivity contribution < 1.29 is 4.74 Å². The molecule has 1 saturated carbocycles. The van der Waals surface area contributed by atoms with Crippen molar-refractivity contribution in [3.63, 3.8) is 0 Å². The fraction of sp³-hybridized carbons (Fsp3) is 1.00. The molecule has 3 heteroatoms. The second-order valence-electron chi connectivity index (χ2n) is 4.35. The largest absolute Gasteiger partial charge is 0.379 e. The first kappa shape index (κ1) is 9.44. The number of nitrogens with two attached hydrogens (primary N) is 1. The van der Waals surface area contributed by atoms with E-state index in [0.717, 1.165) is 32.2 Å². The summed E-state index contributed by atoms with van der Waals surface area (Å²) in [4.78, 5) is 2.52. The van der Waals surface area contributed by atoms with Crippen molar-refractivity contribution in [2.75, 3.05) is 32.8 Å². The van der Waals surface area contributed by atoms with E-state index in [1.165, 1.54) is 25.8 Å². The van der Waals surface area contributed by atoms with Crippen molar-refractivity contribution >= 4 is 0 Å². The molecule has 13 heavy (non-hydrogen) atoms. The van der Waals surface area contributed by atoms with Crippen LogP contribution in [0.5, 0.6) is 0 Å². The molecule has 1 unspecified atom stereocenters. The molecule has 2 rings (SSSR count). The average molecular weight is 184 g/mol. The summed E-state index contributed by atoms with van der Waals surface area (Å²) in [6.07, 6.45) is 3.80. The van der Waals surface area contributed by atoms with E-state index in [2.05, 4.69) is 4.90 Å². The minimum Gasteiger partial charge on any atom is -0.379 e. The number of hydrogen-bond donors (Lipinski definition) is 1. The van der Waals surface area contributed by atoms with Gasteiger partial charge >= 0.3 is 0 Å². The molecule has 0 aromatic rings. The monoisotopic (exact) mass is 184 g/mol. The molecular formula is C10H20N2O. The zero-order valence-corrected chi connectivity index (χ0v) is 8.24. The van der Waals surface area contributed by atoms with Crippen molar-refractivity contribution in [1.82, 2.24) is 4.90 Å². The molecule has 2 aliphatic rings. The minimum atomic E-state index is 0.478. The Labute approximate surface area is 80.2 Å². The van der Waals surface area contributed by atoms with Gasteiger partial charge in [-0.2, -0.15) is 0 Å². The lowest BCUT2D eigenvalue weighted by Crippen LogP contribution is -2.39. The van der Waals surface area contributed by atoms with Gasteiger partial charge in [0.05, 0.1) is 13.2 Å². The zero-order valence-electron chi connectivity index (χ0n) is 8.24. The van der Waals surface area contributed by atoms with Gasteiger partial charge in [-0.05, 0) is 25.2 Å². The highest BCUT2D eigenvalue weighted by atomic mass is 16.5. The van der Waals surface area contributed by atoms with Crippen LogP contribution in [0, 0.1) is 5.92 Å². The fourth-order valence-corrected chi connectivity index (χ4v) is 2.43. The summed E-state index contributed by atoms with van der Waals surface area (Å²) < 4.78 is 5.32. The third kappa shape index (κ3) is 2.66. The lowest BCUT2D eigenvalue weighted by Gasteiger charge is -2.28. The van der Waals surface area contributed by atoms with Gasteiger partial charge < -0.3 is 10.5 Å². The van der Waals surface area contributed by atoms with Crippen LogP contribution in [0.4, 0.5) is 0 Å². The quantitative estimate of drug-likeness (QED) is 0.677. The van der Waals surface area contributed by atoms with Gasteiger partial charge in [0.1, 0.15) is 0 Å². The first-order chi connectivity index (χ1) is 6.34. The lowest BCUT2D eigenvalue weighted by atomic mass is 10.1. The molecule has 0 aromatic heterocycles. The summed E-state index contributed by atoms with van der Waals surface area (Å²) in [6, 6.07) is 0.478. The summed E-state index contributed by atoms with van der Waals surface area (Å²) in [5.41, 5.74) is 5.89. The van der Waals surface area contributed by atoms with Crippen LogP contribution in [0.25, 0.3) is 0 Å². The Kier molecular flexibility index (Phi) is 3.19. The smallest absolute Gasteiger partial charge is 0.0594 e. The van der Waals surface area contributed by atoms with Crippen LogP contribution in [0.15, 0.2) is 0 Å². The second-order valence-corrected chi connectivity index (χ2v) is 4.35. The summed E-state index contributed by atoms with van der Waals surface area (Å²) in [5.74, 6) is 0.855. The van der Waals surface area contributed by atoms with E-state index < -0.39 is 0 Å². The van der Waals surface area contributed by atoms with E-state index in [1.807, 2.05) is 0 Å². The van der Waals surface area contributed by atoms with Gasteiger partial charge in [-0.15, -0.1) is 0 Å². The van der Waals surface area contributed by atoms with E-state index >= 15 is 0 Å². The number of hydrogen-bond acceptors (Lipinski definition) is 3. The molecule has 2 N–H and O–H groups in total. The maximum atomic E-state index is 5.89. The zero-order chi connectivity index (χ0) is 9.10. The summed E-state index contributed by atoms with van der Waals surface area (Å²) >= 11 is 0. The van der Waals surface area contributed by atoms with Crippen LogP contribution < -0.4 is 5.73 Å². The van der Waals surface area contributed by atoms with Crippen LogP contribution >= 0.6 is 0 Å². The molecule has 3 nitrogen and oxygen atoms in total. The van der Waals surface area contributed by atoms with Crippen LogP contribution in [-0.2, 0) is 4.74 Å². The van der Waals surface area contributed by atoms with Crippen LogP contribution in [0.3, 0.4) is 0 Å². The van der Waals surface area contributed by atoms with Crippen molar-refractivity contribution in [3.05, 3.63) is 0 Å². The highest BCUT2D eigenvalue weighted by Gasteiger charge is 2.24. The molecule has 76 valence electrons. The van der Waals surface area contributed by atoms with E-state index in [1.54, 1.807) is 0 Å². The molecule has 1 heterocycles. The third-order valence-electron chi connectivity index (χ3n) is 3.20. The van der Waals surface area contributed by atoms with Gasteiger partial charge in [-0.1, -0.05) is 0 Å². The van der Waals surface area contributed by atoms with Crippen molar-refractivity contribution in [1.29, 1.82) is 0 Å². The molecule has 0 radical (unpaired) electrons. The summed E-state index contributed by atoms with van der Waals surface area (Å²) in [7, 11) is 0. The van der Waals surface area contributed by atoms with Crippen molar-refractivity contribution in [3.8, 4) is 0 Å². The average Bonchev–Trinajstić information content (AvgIpc) is 2.53. The molecule has 0 spiro atoms. The maximum absolute atomic E-state index is 5.89. The van der Waals surface area contributed by atoms with Crippen LogP contribution in [0.2, 0.25) is 0 Å². The summed E-state index contributed by atoms with van der Waals surface area (Å²) in [5, 5.41) is 0. The SMILES string of the molecule is N[C@@H]1CCC(CN2CCOCC2)C1. The first-order valence-electron chi connectivity index (χ1n) is 5.40. The number of rotatable bonds is 2. The normalized spacial score (nSPS) is 36.7. The predicted molar refractivity (Wildman–Crippen MR) is 52.6 cm³/mol. The van der Waals surface area contributed by atoms with E-state index in [-0.39, 0.29) is 0 Å². The molecule has 1 aliphatic carbocycles. The fourth-order valence-electron chi connectivity index (χ4n) is 2.43.